The summed E-state index contributed by atoms with van der Waals surface area (Å²) in [6.45, 7) is 0.709. The number of rotatable bonds is 4. The molecular formula is C14H18ClNO3. The molecule has 2 rings (SSSR count). The van der Waals surface area contributed by atoms with Gasteiger partial charge in [0.05, 0.1) is 31.9 Å². The molecule has 104 valence electrons. The van der Waals surface area contributed by atoms with Crippen LogP contribution >= 0.6 is 11.6 Å². The summed E-state index contributed by atoms with van der Waals surface area (Å²) < 4.78 is 16.1. The van der Waals surface area contributed by atoms with Gasteiger partial charge in [-0.2, -0.15) is 0 Å². The third-order valence-electron chi connectivity index (χ3n) is 3.08. The van der Waals surface area contributed by atoms with Crippen LogP contribution in [0, 0.1) is 0 Å². The highest BCUT2D eigenvalue weighted by molar-refractivity contribution is 6.32. The molecular weight excluding hydrogens is 266 g/mol. The predicted octanol–water partition coefficient (Wildman–Crippen LogP) is 3.05. The zero-order chi connectivity index (χ0) is 13.8. The largest absolute Gasteiger partial charge is 0.496 e. The molecule has 4 nitrogen and oxygen atoms in total. The van der Waals surface area contributed by atoms with Gasteiger partial charge in [-0.3, -0.25) is 0 Å². The molecule has 1 aromatic rings. The van der Waals surface area contributed by atoms with Crippen molar-refractivity contribution in [2.24, 2.45) is 5.73 Å². The van der Waals surface area contributed by atoms with Gasteiger partial charge in [-0.05, 0) is 36.6 Å². The number of hydrogen-bond acceptors (Lipinski definition) is 4. The van der Waals surface area contributed by atoms with Gasteiger partial charge in [-0.15, -0.1) is 0 Å². The van der Waals surface area contributed by atoms with E-state index < -0.39 is 0 Å². The second-order valence-corrected chi connectivity index (χ2v) is 4.72. The van der Waals surface area contributed by atoms with Gasteiger partial charge in [-0.25, -0.2) is 0 Å². The van der Waals surface area contributed by atoms with Crippen LogP contribution in [0.25, 0.3) is 0 Å². The second kappa shape index (κ2) is 6.17. The Bertz CT molecular complexity index is 488. The lowest BCUT2D eigenvalue weighted by molar-refractivity contribution is 0.176. The van der Waals surface area contributed by atoms with E-state index in [0.29, 0.717) is 23.1 Å². The van der Waals surface area contributed by atoms with Crippen LogP contribution in [0.3, 0.4) is 0 Å². The van der Waals surface area contributed by atoms with Crippen molar-refractivity contribution in [2.45, 2.75) is 18.9 Å². The van der Waals surface area contributed by atoms with E-state index in [9.17, 15) is 0 Å². The molecule has 0 aliphatic carbocycles. The third-order valence-corrected chi connectivity index (χ3v) is 3.37. The van der Waals surface area contributed by atoms with Crippen LogP contribution in [-0.2, 0) is 4.74 Å². The molecule has 1 aromatic carbocycles. The number of benzene rings is 1. The summed E-state index contributed by atoms with van der Waals surface area (Å²) in [5.74, 6) is 1.87. The van der Waals surface area contributed by atoms with Gasteiger partial charge in [0.1, 0.15) is 5.76 Å². The van der Waals surface area contributed by atoms with Crippen LogP contribution in [0.1, 0.15) is 24.4 Å². The van der Waals surface area contributed by atoms with Crippen LogP contribution in [0.4, 0.5) is 0 Å². The van der Waals surface area contributed by atoms with Gasteiger partial charge >= 0.3 is 0 Å². The Morgan fingerprint density at radius 3 is 2.68 bits per heavy atom. The standard InChI is InChI=1S/C14H18ClNO3/c1-17-12-8-9(7-10(15)14(12)18-2)13(16)11-5-3-4-6-19-11/h5,7-8,13H,3-4,6,16H2,1-2H3. The molecule has 0 saturated carbocycles. The van der Waals surface area contributed by atoms with Gasteiger partial charge in [0.2, 0.25) is 0 Å². The summed E-state index contributed by atoms with van der Waals surface area (Å²) >= 11 is 6.18. The highest BCUT2D eigenvalue weighted by Crippen LogP contribution is 2.38. The van der Waals surface area contributed by atoms with Crippen LogP contribution in [0.15, 0.2) is 24.0 Å². The van der Waals surface area contributed by atoms with Crippen molar-refractivity contribution in [3.8, 4) is 11.5 Å². The molecule has 0 spiro atoms. The maximum atomic E-state index is 6.21. The Balaban J connectivity index is 2.34. The molecule has 0 aromatic heterocycles. The Morgan fingerprint density at radius 1 is 1.32 bits per heavy atom. The van der Waals surface area contributed by atoms with Gasteiger partial charge in [0.15, 0.2) is 11.5 Å². The van der Waals surface area contributed by atoms with Crippen molar-refractivity contribution in [3.05, 3.63) is 34.6 Å². The van der Waals surface area contributed by atoms with Gasteiger partial charge in [0, 0.05) is 0 Å². The van der Waals surface area contributed by atoms with Crippen LogP contribution < -0.4 is 15.2 Å². The first-order chi connectivity index (χ1) is 9.17. The quantitative estimate of drug-likeness (QED) is 0.923. The summed E-state index contributed by atoms with van der Waals surface area (Å²) in [5, 5.41) is 0.476. The normalized spacial score (nSPS) is 16.3. The molecule has 0 radical (unpaired) electrons. The molecule has 0 amide bonds. The lowest BCUT2D eigenvalue weighted by Gasteiger charge is -2.22. The minimum Gasteiger partial charge on any atom is -0.496 e. The molecule has 0 fully saturated rings. The fraction of sp³-hybridized carbons (Fsp3) is 0.429. The van der Waals surface area contributed by atoms with Gasteiger partial charge in [0.25, 0.3) is 0 Å². The average Bonchev–Trinajstić information content (AvgIpc) is 2.46. The molecule has 2 N–H and O–H groups in total. The van der Waals surface area contributed by atoms with Crippen molar-refractivity contribution in [1.29, 1.82) is 0 Å². The maximum Gasteiger partial charge on any atom is 0.179 e. The Labute approximate surface area is 118 Å². The SMILES string of the molecule is COc1cc(C(N)C2=CCCCO2)cc(Cl)c1OC. The number of hydrogen-bond donors (Lipinski definition) is 1. The second-order valence-electron chi connectivity index (χ2n) is 4.31. The molecule has 19 heavy (non-hydrogen) atoms. The molecule has 0 bridgehead atoms. The molecule has 1 unspecified atom stereocenters. The zero-order valence-corrected chi connectivity index (χ0v) is 11.9. The van der Waals surface area contributed by atoms with E-state index in [1.165, 1.54) is 0 Å². The monoisotopic (exact) mass is 283 g/mol. The van der Waals surface area contributed by atoms with Gasteiger partial charge in [-0.1, -0.05) is 11.6 Å². The van der Waals surface area contributed by atoms with Crippen molar-refractivity contribution in [2.75, 3.05) is 20.8 Å². The summed E-state index contributed by atoms with van der Waals surface area (Å²) in [4.78, 5) is 0. The molecule has 0 saturated heterocycles. The van der Waals surface area contributed by atoms with E-state index in [1.54, 1.807) is 20.3 Å². The molecule has 1 aliphatic rings. The van der Waals surface area contributed by atoms with E-state index in [-0.39, 0.29) is 6.04 Å². The summed E-state index contributed by atoms with van der Waals surface area (Å²) in [6, 6.07) is 3.28. The summed E-state index contributed by atoms with van der Waals surface area (Å²) in [7, 11) is 3.12. The van der Waals surface area contributed by atoms with Crippen LogP contribution in [0.5, 0.6) is 11.5 Å². The fourth-order valence-electron chi connectivity index (χ4n) is 2.08. The van der Waals surface area contributed by atoms with E-state index >= 15 is 0 Å². The minimum absolute atomic E-state index is 0.336. The molecule has 1 aliphatic heterocycles. The smallest absolute Gasteiger partial charge is 0.179 e. The fourth-order valence-corrected chi connectivity index (χ4v) is 2.37. The first-order valence-corrected chi connectivity index (χ1v) is 6.55. The van der Waals surface area contributed by atoms with Crippen molar-refractivity contribution in [1.82, 2.24) is 0 Å². The molecule has 5 heteroatoms. The third kappa shape index (κ3) is 2.96. The Kier molecular flexibility index (Phi) is 4.56. The highest BCUT2D eigenvalue weighted by atomic mass is 35.5. The number of allylic oxidation sites excluding steroid dienone is 1. The number of halogens is 1. The molecule has 1 atom stereocenters. The maximum absolute atomic E-state index is 6.21. The summed E-state index contributed by atoms with van der Waals surface area (Å²) in [5.41, 5.74) is 7.05. The Morgan fingerprint density at radius 2 is 2.11 bits per heavy atom. The molecule has 1 heterocycles. The van der Waals surface area contributed by atoms with E-state index in [0.717, 1.165) is 24.2 Å². The van der Waals surface area contributed by atoms with Crippen molar-refractivity contribution in [3.63, 3.8) is 0 Å². The average molecular weight is 284 g/mol. The number of nitrogens with two attached hydrogens (primary N) is 1. The van der Waals surface area contributed by atoms with Crippen molar-refractivity contribution < 1.29 is 14.2 Å². The van der Waals surface area contributed by atoms with Gasteiger partial charge < -0.3 is 19.9 Å². The number of methoxy groups -OCH3 is 2. The van der Waals surface area contributed by atoms with E-state index in [1.807, 2.05) is 12.1 Å². The topological polar surface area (TPSA) is 53.7 Å². The Hall–Kier alpha value is -1.39. The minimum atomic E-state index is -0.336. The van der Waals surface area contributed by atoms with Crippen LogP contribution in [0.2, 0.25) is 5.02 Å². The zero-order valence-electron chi connectivity index (χ0n) is 11.1. The summed E-state index contributed by atoms with van der Waals surface area (Å²) in [6.07, 6.45) is 4.05. The predicted molar refractivity (Wildman–Crippen MR) is 74.8 cm³/mol. The van der Waals surface area contributed by atoms with E-state index in [2.05, 4.69) is 0 Å². The van der Waals surface area contributed by atoms with Crippen LogP contribution in [-0.4, -0.2) is 20.8 Å². The first-order valence-electron chi connectivity index (χ1n) is 6.17. The van der Waals surface area contributed by atoms with Crippen molar-refractivity contribution >= 4 is 11.6 Å². The lowest BCUT2D eigenvalue weighted by atomic mass is 10.0. The first kappa shape index (κ1) is 14.0. The number of ether oxygens (including phenoxy) is 3. The highest BCUT2D eigenvalue weighted by Gasteiger charge is 2.19. The lowest BCUT2D eigenvalue weighted by Crippen LogP contribution is -2.18. The van der Waals surface area contributed by atoms with E-state index in [4.69, 9.17) is 31.5 Å².